The molecule has 0 aliphatic rings. The molecule has 0 unspecified atom stereocenters. The van der Waals surface area contributed by atoms with E-state index in [2.05, 4.69) is 4.74 Å². The van der Waals surface area contributed by atoms with Gasteiger partial charge < -0.3 is 4.74 Å². The second kappa shape index (κ2) is 6.59. The Morgan fingerprint density at radius 3 is 1.91 bits per heavy atom. The largest absolute Gasteiger partial charge is 0.468 e. The average Bonchev–Trinajstić information content (AvgIpc) is 2.42. The van der Waals surface area contributed by atoms with Crippen LogP contribution >= 0.6 is 0 Å². The quantitative estimate of drug-likeness (QED) is 0.593. The maximum Gasteiger partial charge on any atom is 0.414 e. The van der Waals surface area contributed by atoms with Crippen LogP contribution in [0.25, 0.3) is 6.08 Å². The molecule has 0 bridgehead atoms. The van der Waals surface area contributed by atoms with E-state index in [1.165, 1.54) is 0 Å². The van der Waals surface area contributed by atoms with E-state index in [1.54, 1.807) is 0 Å². The Kier molecular flexibility index (Phi) is 5.44. The molecular formula is C14H11F7O2. The number of hydrogen-bond donors (Lipinski definition) is 0. The fraction of sp³-hybridized carbons (Fsp3) is 0.357. The van der Waals surface area contributed by atoms with E-state index < -0.39 is 36.0 Å². The molecule has 0 saturated carbocycles. The summed E-state index contributed by atoms with van der Waals surface area (Å²) in [6, 6.07) is 4.29. The lowest BCUT2D eigenvalue weighted by atomic mass is 9.82. The van der Waals surface area contributed by atoms with Gasteiger partial charge in [0.05, 0.1) is 7.11 Å². The summed E-state index contributed by atoms with van der Waals surface area (Å²) in [5.74, 6) is -3.06. The predicted octanol–water partition coefficient (Wildman–Crippen LogP) is 4.51. The predicted molar refractivity (Wildman–Crippen MR) is 66.6 cm³/mol. The molecule has 128 valence electrons. The Hall–Kier alpha value is -2.06. The third-order valence-electron chi connectivity index (χ3n) is 3.11. The molecular weight excluding hydrogens is 333 g/mol. The van der Waals surface area contributed by atoms with E-state index in [1.807, 2.05) is 0 Å². The standard InChI is InChI=1S/C14H11F7O2/c1-23-11(22)12(13(16,17)18,14(19,20)21)8-2-3-9-4-6-10(15)7-5-9/h2-7H,8H2,1H3/b3-2-. The highest BCUT2D eigenvalue weighted by molar-refractivity contribution is 5.79. The normalized spacial score (nSPS) is 13.4. The maximum atomic E-state index is 13.0. The van der Waals surface area contributed by atoms with Crippen LogP contribution in [0.3, 0.4) is 0 Å². The van der Waals surface area contributed by atoms with Gasteiger partial charge in [0.15, 0.2) is 0 Å². The minimum absolute atomic E-state index is 0.175. The number of hydrogen-bond acceptors (Lipinski definition) is 2. The summed E-state index contributed by atoms with van der Waals surface area (Å²) in [7, 11) is 0.443. The van der Waals surface area contributed by atoms with Crippen molar-refractivity contribution in [1.29, 1.82) is 0 Å². The summed E-state index contributed by atoms with van der Waals surface area (Å²) in [5, 5.41) is 0. The molecule has 0 fully saturated rings. The van der Waals surface area contributed by atoms with E-state index in [0.29, 0.717) is 13.2 Å². The van der Waals surface area contributed by atoms with E-state index >= 15 is 0 Å². The Bertz CT molecular complexity index is 556. The summed E-state index contributed by atoms with van der Waals surface area (Å²) >= 11 is 0. The van der Waals surface area contributed by atoms with Gasteiger partial charge in [-0.25, -0.2) is 4.39 Å². The molecule has 2 nitrogen and oxygen atoms in total. The lowest BCUT2D eigenvalue weighted by Crippen LogP contribution is -2.55. The fourth-order valence-corrected chi connectivity index (χ4v) is 1.83. The van der Waals surface area contributed by atoms with Crippen molar-refractivity contribution in [3.8, 4) is 0 Å². The summed E-state index contributed by atoms with van der Waals surface area (Å²) < 4.78 is 94.3. The van der Waals surface area contributed by atoms with Crippen molar-refractivity contribution in [1.82, 2.24) is 0 Å². The summed E-state index contributed by atoms with van der Waals surface area (Å²) in [5.41, 5.74) is -4.49. The highest BCUT2D eigenvalue weighted by Crippen LogP contribution is 2.53. The third-order valence-corrected chi connectivity index (χ3v) is 3.11. The lowest BCUT2D eigenvalue weighted by molar-refractivity contribution is -0.330. The van der Waals surface area contributed by atoms with E-state index in [9.17, 15) is 35.5 Å². The Balaban J connectivity index is 3.20. The van der Waals surface area contributed by atoms with Crippen LogP contribution in [0, 0.1) is 11.2 Å². The zero-order chi connectivity index (χ0) is 17.9. The van der Waals surface area contributed by atoms with Crippen molar-refractivity contribution >= 4 is 12.0 Å². The second-order valence-electron chi connectivity index (χ2n) is 4.55. The molecule has 0 aliphatic carbocycles. The third kappa shape index (κ3) is 3.83. The van der Waals surface area contributed by atoms with Gasteiger partial charge in [-0.1, -0.05) is 24.3 Å². The van der Waals surface area contributed by atoms with Crippen molar-refractivity contribution in [2.45, 2.75) is 18.8 Å². The van der Waals surface area contributed by atoms with Gasteiger partial charge in [-0.15, -0.1) is 0 Å². The van der Waals surface area contributed by atoms with Gasteiger partial charge in [-0.3, -0.25) is 4.79 Å². The van der Waals surface area contributed by atoms with E-state index in [4.69, 9.17) is 0 Å². The highest BCUT2D eigenvalue weighted by Gasteiger charge is 2.75. The smallest absolute Gasteiger partial charge is 0.414 e. The molecule has 0 aliphatic heterocycles. The van der Waals surface area contributed by atoms with Crippen LogP contribution in [0.2, 0.25) is 0 Å². The molecule has 0 amide bonds. The van der Waals surface area contributed by atoms with Crippen LogP contribution in [-0.2, 0) is 9.53 Å². The number of alkyl halides is 6. The number of halogens is 7. The molecule has 0 radical (unpaired) electrons. The van der Waals surface area contributed by atoms with Crippen LogP contribution in [0.5, 0.6) is 0 Å². The zero-order valence-electron chi connectivity index (χ0n) is 11.6. The molecule has 0 saturated heterocycles. The number of esters is 1. The van der Waals surface area contributed by atoms with Crippen LogP contribution < -0.4 is 0 Å². The summed E-state index contributed by atoms with van der Waals surface area (Å²) in [6.07, 6.45) is -12.0. The zero-order valence-corrected chi connectivity index (χ0v) is 11.6. The molecule has 0 heterocycles. The highest BCUT2D eigenvalue weighted by atomic mass is 19.4. The Labute approximate surface area is 126 Å². The molecule has 0 N–H and O–H groups in total. The van der Waals surface area contributed by atoms with Gasteiger partial charge in [-0.2, -0.15) is 26.3 Å². The number of carbonyl (C=O) groups excluding carboxylic acids is 1. The van der Waals surface area contributed by atoms with Crippen LogP contribution in [0.4, 0.5) is 30.7 Å². The minimum atomic E-state index is -5.90. The minimum Gasteiger partial charge on any atom is -0.468 e. The Morgan fingerprint density at radius 1 is 1.04 bits per heavy atom. The molecule has 1 rings (SSSR count). The molecule has 9 heteroatoms. The maximum absolute atomic E-state index is 13.0. The van der Waals surface area contributed by atoms with Crippen molar-refractivity contribution in [3.63, 3.8) is 0 Å². The number of benzene rings is 1. The van der Waals surface area contributed by atoms with Gasteiger partial charge in [0, 0.05) is 0 Å². The van der Waals surface area contributed by atoms with E-state index in [-0.39, 0.29) is 5.56 Å². The number of carbonyl (C=O) groups is 1. The van der Waals surface area contributed by atoms with Crippen LogP contribution in [0.15, 0.2) is 30.3 Å². The number of allylic oxidation sites excluding steroid dienone is 1. The van der Waals surface area contributed by atoms with Gasteiger partial charge in [0.2, 0.25) is 0 Å². The monoisotopic (exact) mass is 344 g/mol. The van der Waals surface area contributed by atoms with Crippen molar-refractivity contribution in [2.75, 3.05) is 7.11 Å². The lowest BCUT2D eigenvalue weighted by Gasteiger charge is -2.33. The van der Waals surface area contributed by atoms with Gasteiger partial charge in [0.25, 0.3) is 5.41 Å². The first-order chi connectivity index (χ1) is 10.5. The number of rotatable bonds is 4. The van der Waals surface area contributed by atoms with Crippen LogP contribution in [-0.4, -0.2) is 25.4 Å². The molecule has 0 atom stereocenters. The van der Waals surface area contributed by atoms with Gasteiger partial charge in [-0.05, 0) is 24.1 Å². The van der Waals surface area contributed by atoms with Crippen molar-refractivity contribution < 1.29 is 40.3 Å². The number of ether oxygens (including phenoxy) is 1. The van der Waals surface area contributed by atoms with E-state index in [0.717, 1.165) is 30.3 Å². The molecule has 0 aromatic heterocycles. The van der Waals surface area contributed by atoms with Crippen molar-refractivity contribution in [2.24, 2.45) is 5.41 Å². The average molecular weight is 344 g/mol. The van der Waals surface area contributed by atoms with Crippen molar-refractivity contribution in [3.05, 3.63) is 41.7 Å². The van der Waals surface area contributed by atoms with Gasteiger partial charge in [0.1, 0.15) is 5.82 Å². The SMILES string of the molecule is COC(=O)C(C/C=C\c1ccc(F)cc1)(C(F)(F)F)C(F)(F)F. The summed E-state index contributed by atoms with van der Waals surface area (Å²) in [4.78, 5) is 11.3. The topological polar surface area (TPSA) is 26.3 Å². The van der Waals surface area contributed by atoms with Gasteiger partial charge >= 0.3 is 18.3 Å². The molecule has 1 aromatic carbocycles. The first kappa shape index (κ1) is 19.0. The van der Waals surface area contributed by atoms with Crippen LogP contribution in [0.1, 0.15) is 12.0 Å². The molecule has 23 heavy (non-hydrogen) atoms. The molecule has 1 aromatic rings. The molecule has 0 spiro atoms. The Morgan fingerprint density at radius 2 is 1.52 bits per heavy atom. The fourth-order valence-electron chi connectivity index (χ4n) is 1.83. The summed E-state index contributed by atoms with van der Waals surface area (Å²) in [6.45, 7) is 0. The second-order valence-corrected chi connectivity index (χ2v) is 4.55. The first-order valence-corrected chi connectivity index (χ1v) is 6.09. The first-order valence-electron chi connectivity index (χ1n) is 6.09. The number of methoxy groups -OCH3 is 1.